The molecule has 1 aromatic carbocycles. The van der Waals surface area contributed by atoms with Gasteiger partial charge in [-0.15, -0.1) is 0 Å². The van der Waals surface area contributed by atoms with E-state index in [0.29, 0.717) is 17.9 Å². The number of fused-ring (bicyclic) bond motifs is 1. The highest BCUT2D eigenvalue weighted by atomic mass is 16.5. The molecule has 0 aliphatic carbocycles. The molecule has 0 unspecified atom stereocenters. The van der Waals surface area contributed by atoms with Crippen LogP contribution in [-0.2, 0) is 0 Å². The Morgan fingerprint density at radius 3 is 2.71 bits per heavy atom. The number of benzene rings is 1. The maximum absolute atomic E-state index is 11.1. The minimum atomic E-state index is -0.976. The van der Waals surface area contributed by atoms with Gasteiger partial charge >= 0.3 is 5.97 Å². The normalized spacial score (nSPS) is 10.4. The third-order valence-electron chi connectivity index (χ3n) is 2.43. The Morgan fingerprint density at radius 1 is 1.35 bits per heavy atom. The Kier molecular flexibility index (Phi) is 3.23. The Hall–Kier alpha value is -2.10. The largest absolute Gasteiger partial charge is 0.478 e. The maximum Gasteiger partial charge on any atom is 0.337 e. The number of aromatic carboxylic acids is 1. The molecule has 4 nitrogen and oxygen atoms in total. The average Bonchev–Trinajstić information content (AvgIpc) is 2.35. The van der Waals surface area contributed by atoms with Gasteiger partial charge in [-0.05, 0) is 12.5 Å². The summed E-state index contributed by atoms with van der Waals surface area (Å²) in [6.45, 7) is 2.58. The fourth-order valence-corrected chi connectivity index (χ4v) is 1.65. The van der Waals surface area contributed by atoms with E-state index in [1.54, 1.807) is 12.1 Å². The number of carboxylic acid groups (broad SMARTS) is 1. The Balaban J connectivity index is 2.58. The average molecular weight is 231 g/mol. The molecule has 0 aliphatic rings. The number of carbonyl (C=O) groups is 1. The van der Waals surface area contributed by atoms with E-state index in [4.69, 9.17) is 9.84 Å². The lowest BCUT2D eigenvalue weighted by atomic mass is 10.1. The summed E-state index contributed by atoms with van der Waals surface area (Å²) in [6, 6.07) is 7.23. The molecule has 0 saturated heterocycles. The number of rotatable bonds is 4. The zero-order valence-electron chi connectivity index (χ0n) is 9.51. The second-order valence-electron chi connectivity index (χ2n) is 3.68. The van der Waals surface area contributed by atoms with Crippen molar-refractivity contribution < 1.29 is 14.6 Å². The summed E-state index contributed by atoms with van der Waals surface area (Å²) in [5.74, 6) is -0.483. The molecule has 0 bridgehead atoms. The van der Waals surface area contributed by atoms with Gasteiger partial charge in [-0.25, -0.2) is 9.78 Å². The van der Waals surface area contributed by atoms with Crippen LogP contribution in [0.25, 0.3) is 10.8 Å². The molecule has 4 heteroatoms. The molecule has 0 radical (unpaired) electrons. The lowest BCUT2D eigenvalue weighted by molar-refractivity contribution is 0.0698. The van der Waals surface area contributed by atoms with Gasteiger partial charge in [-0.3, -0.25) is 0 Å². The minimum absolute atomic E-state index is 0.199. The number of carboxylic acids is 1. The predicted octanol–water partition coefficient (Wildman–Crippen LogP) is 2.72. The number of hydrogen-bond acceptors (Lipinski definition) is 3. The van der Waals surface area contributed by atoms with Crippen molar-refractivity contribution in [2.75, 3.05) is 6.61 Å². The lowest BCUT2D eigenvalue weighted by Crippen LogP contribution is -2.02. The third kappa shape index (κ3) is 2.20. The molecule has 0 spiro atoms. The van der Waals surface area contributed by atoms with E-state index in [9.17, 15) is 4.79 Å². The number of pyridine rings is 1. The van der Waals surface area contributed by atoms with Gasteiger partial charge in [0.2, 0.25) is 5.88 Å². The van der Waals surface area contributed by atoms with Crippen LogP contribution in [-0.4, -0.2) is 22.7 Å². The minimum Gasteiger partial charge on any atom is -0.478 e. The first-order valence-corrected chi connectivity index (χ1v) is 5.48. The Morgan fingerprint density at radius 2 is 2.06 bits per heavy atom. The van der Waals surface area contributed by atoms with Crippen LogP contribution in [0.15, 0.2) is 30.5 Å². The first-order chi connectivity index (χ1) is 8.24. The summed E-state index contributed by atoms with van der Waals surface area (Å²) in [5.41, 5.74) is 0.199. The summed E-state index contributed by atoms with van der Waals surface area (Å²) < 4.78 is 5.50. The van der Waals surface area contributed by atoms with Crippen molar-refractivity contribution in [2.24, 2.45) is 0 Å². The standard InChI is InChI=1S/C13H13NO3/c1-2-7-17-12-10-6-4-3-5-9(10)11(8-14-12)13(15)16/h3-6,8H,2,7H2,1H3,(H,15,16). The fraction of sp³-hybridized carbons (Fsp3) is 0.231. The molecule has 88 valence electrons. The van der Waals surface area contributed by atoms with Gasteiger partial charge in [0, 0.05) is 17.0 Å². The summed E-state index contributed by atoms with van der Waals surface area (Å²) in [5, 5.41) is 10.5. The van der Waals surface area contributed by atoms with Crippen molar-refractivity contribution in [3.63, 3.8) is 0 Å². The van der Waals surface area contributed by atoms with Crippen LogP contribution in [0, 0.1) is 0 Å². The molecule has 1 aromatic heterocycles. The van der Waals surface area contributed by atoms with E-state index in [1.165, 1.54) is 6.20 Å². The SMILES string of the molecule is CCCOc1ncc(C(=O)O)c2ccccc12. The van der Waals surface area contributed by atoms with Gasteiger partial charge in [0.05, 0.1) is 12.2 Å². The maximum atomic E-state index is 11.1. The van der Waals surface area contributed by atoms with Crippen LogP contribution >= 0.6 is 0 Å². The van der Waals surface area contributed by atoms with Gasteiger partial charge < -0.3 is 9.84 Å². The molecule has 1 heterocycles. The van der Waals surface area contributed by atoms with Crippen LogP contribution in [0.1, 0.15) is 23.7 Å². The molecule has 2 rings (SSSR count). The van der Waals surface area contributed by atoms with Gasteiger partial charge in [0.25, 0.3) is 0 Å². The van der Waals surface area contributed by atoms with Crippen molar-refractivity contribution in [1.82, 2.24) is 4.98 Å². The molecule has 0 fully saturated rings. The first-order valence-electron chi connectivity index (χ1n) is 5.48. The number of nitrogens with zero attached hydrogens (tertiary/aromatic N) is 1. The van der Waals surface area contributed by atoms with Crippen molar-refractivity contribution in [3.8, 4) is 5.88 Å². The number of hydrogen-bond donors (Lipinski definition) is 1. The van der Waals surface area contributed by atoms with E-state index < -0.39 is 5.97 Å². The molecule has 0 amide bonds. The van der Waals surface area contributed by atoms with Crippen LogP contribution < -0.4 is 4.74 Å². The van der Waals surface area contributed by atoms with Gasteiger partial charge in [-0.1, -0.05) is 25.1 Å². The number of aromatic nitrogens is 1. The lowest BCUT2D eigenvalue weighted by Gasteiger charge is -2.08. The molecule has 1 N–H and O–H groups in total. The van der Waals surface area contributed by atoms with E-state index in [2.05, 4.69) is 4.98 Å². The van der Waals surface area contributed by atoms with Crippen LogP contribution in [0.3, 0.4) is 0 Å². The summed E-state index contributed by atoms with van der Waals surface area (Å²) in [4.78, 5) is 15.1. The molecule has 0 atom stereocenters. The van der Waals surface area contributed by atoms with Crippen LogP contribution in [0.4, 0.5) is 0 Å². The molecule has 2 aromatic rings. The van der Waals surface area contributed by atoms with E-state index in [0.717, 1.165) is 11.8 Å². The van der Waals surface area contributed by atoms with Crippen LogP contribution in [0.5, 0.6) is 5.88 Å². The predicted molar refractivity (Wildman–Crippen MR) is 64.5 cm³/mol. The van der Waals surface area contributed by atoms with E-state index in [-0.39, 0.29) is 5.56 Å². The highest BCUT2D eigenvalue weighted by molar-refractivity contribution is 6.04. The quantitative estimate of drug-likeness (QED) is 0.878. The van der Waals surface area contributed by atoms with Gasteiger partial charge in [0.1, 0.15) is 0 Å². The van der Waals surface area contributed by atoms with Crippen molar-refractivity contribution in [3.05, 3.63) is 36.0 Å². The second-order valence-corrected chi connectivity index (χ2v) is 3.68. The topological polar surface area (TPSA) is 59.4 Å². The summed E-state index contributed by atoms with van der Waals surface area (Å²) in [6.07, 6.45) is 2.23. The molecular weight excluding hydrogens is 218 g/mol. The third-order valence-corrected chi connectivity index (χ3v) is 2.43. The first kappa shape index (κ1) is 11.4. The monoisotopic (exact) mass is 231 g/mol. The Bertz CT molecular complexity index is 551. The summed E-state index contributed by atoms with van der Waals surface area (Å²) >= 11 is 0. The fourth-order valence-electron chi connectivity index (χ4n) is 1.65. The smallest absolute Gasteiger partial charge is 0.337 e. The molecule has 0 aliphatic heterocycles. The van der Waals surface area contributed by atoms with Crippen molar-refractivity contribution in [2.45, 2.75) is 13.3 Å². The second kappa shape index (κ2) is 4.82. The van der Waals surface area contributed by atoms with E-state index in [1.807, 2.05) is 19.1 Å². The highest BCUT2D eigenvalue weighted by Crippen LogP contribution is 2.26. The van der Waals surface area contributed by atoms with Gasteiger partial charge in [0.15, 0.2) is 0 Å². The van der Waals surface area contributed by atoms with E-state index >= 15 is 0 Å². The van der Waals surface area contributed by atoms with Gasteiger partial charge in [-0.2, -0.15) is 0 Å². The summed E-state index contributed by atoms with van der Waals surface area (Å²) in [7, 11) is 0. The molecule has 0 saturated carbocycles. The zero-order chi connectivity index (χ0) is 12.3. The molecule has 17 heavy (non-hydrogen) atoms. The van der Waals surface area contributed by atoms with Crippen LogP contribution in [0.2, 0.25) is 0 Å². The molecular formula is C13H13NO3. The number of ether oxygens (including phenoxy) is 1. The zero-order valence-corrected chi connectivity index (χ0v) is 9.51. The van der Waals surface area contributed by atoms with Crippen molar-refractivity contribution >= 4 is 16.7 Å². The highest BCUT2D eigenvalue weighted by Gasteiger charge is 2.12. The van der Waals surface area contributed by atoms with Crippen molar-refractivity contribution in [1.29, 1.82) is 0 Å². The Labute approximate surface area is 98.9 Å².